The Morgan fingerprint density at radius 3 is 2.47 bits per heavy atom. The van der Waals surface area contributed by atoms with E-state index < -0.39 is 18.2 Å². The number of carbonyl (C=O) groups excluding carboxylic acids is 2. The monoisotopic (exact) mass is 447 g/mol. The molecule has 2 aliphatic rings. The number of carbonyl (C=O) groups is 2. The Morgan fingerprint density at radius 2 is 1.83 bits per heavy atom. The zero-order valence-corrected chi connectivity index (χ0v) is 18.1. The number of esters is 1. The van der Waals surface area contributed by atoms with Crippen molar-refractivity contribution in [1.82, 2.24) is 4.90 Å². The molecule has 2 aromatic carbocycles. The Morgan fingerprint density at radius 1 is 1.10 bits per heavy atom. The number of hydrogen-bond acceptors (Lipinski definition) is 4. The van der Waals surface area contributed by atoms with Crippen molar-refractivity contribution < 1.29 is 19.1 Å². The smallest absolute Gasteiger partial charge is 0.308 e. The predicted octanol–water partition coefficient (Wildman–Crippen LogP) is 4.98. The van der Waals surface area contributed by atoms with Crippen LogP contribution in [0.5, 0.6) is 0 Å². The summed E-state index contributed by atoms with van der Waals surface area (Å²) >= 11 is 12.4. The summed E-state index contributed by atoms with van der Waals surface area (Å²) in [5.41, 5.74) is 1.78. The SMILES string of the molecule is COC(=O)C[C@H]1O[C@@H](c2cccc(Cl)c2)[C@H](c2ccc(Cl)cc2)N(CC2CC2)C1=O. The standard InChI is InChI=1S/C23H23Cl2NO4/c1-29-20(27)12-19-23(28)26(13-14-5-6-14)21(15-7-9-17(24)10-8-15)22(30-19)16-3-2-4-18(25)11-16/h2-4,7-11,14,19,21-22H,5-6,12-13H2,1H3/t19-,21+,22+/m1/s1. The molecule has 0 N–H and O–H groups in total. The van der Waals surface area contributed by atoms with Gasteiger partial charge in [-0.2, -0.15) is 0 Å². The van der Waals surface area contributed by atoms with E-state index in [1.165, 1.54) is 7.11 Å². The summed E-state index contributed by atoms with van der Waals surface area (Å²) in [5, 5.41) is 1.21. The Bertz CT molecular complexity index is 929. The van der Waals surface area contributed by atoms with Crippen LogP contribution in [0.3, 0.4) is 0 Å². The molecule has 2 aromatic rings. The molecule has 1 saturated heterocycles. The van der Waals surface area contributed by atoms with Crippen molar-refractivity contribution in [2.24, 2.45) is 5.92 Å². The minimum Gasteiger partial charge on any atom is -0.469 e. The molecular formula is C23H23Cl2NO4. The van der Waals surface area contributed by atoms with Gasteiger partial charge < -0.3 is 14.4 Å². The highest BCUT2D eigenvalue weighted by atomic mass is 35.5. The van der Waals surface area contributed by atoms with Crippen molar-refractivity contribution in [3.8, 4) is 0 Å². The normalized spacial score (nSPS) is 24.0. The molecule has 1 aliphatic carbocycles. The van der Waals surface area contributed by atoms with E-state index in [2.05, 4.69) is 0 Å². The van der Waals surface area contributed by atoms with Crippen molar-refractivity contribution in [2.45, 2.75) is 37.5 Å². The van der Waals surface area contributed by atoms with Gasteiger partial charge in [0.05, 0.1) is 19.6 Å². The second-order valence-electron chi connectivity index (χ2n) is 7.81. The summed E-state index contributed by atoms with van der Waals surface area (Å²) in [4.78, 5) is 27.2. The van der Waals surface area contributed by atoms with Gasteiger partial charge in [0.15, 0.2) is 0 Å². The minimum atomic E-state index is -0.899. The summed E-state index contributed by atoms with van der Waals surface area (Å²) in [6.07, 6.45) is 0.698. The van der Waals surface area contributed by atoms with E-state index in [0.29, 0.717) is 22.5 Å². The van der Waals surface area contributed by atoms with Gasteiger partial charge in [0.25, 0.3) is 5.91 Å². The average Bonchev–Trinajstić information content (AvgIpc) is 3.55. The van der Waals surface area contributed by atoms with Crippen LogP contribution >= 0.6 is 23.2 Å². The third-order valence-corrected chi connectivity index (χ3v) is 6.10. The Kier molecular flexibility index (Phi) is 6.32. The van der Waals surface area contributed by atoms with Crippen molar-refractivity contribution >= 4 is 35.1 Å². The van der Waals surface area contributed by atoms with E-state index in [1.807, 2.05) is 47.4 Å². The number of methoxy groups -OCH3 is 1. The molecule has 158 valence electrons. The maximum absolute atomic E-state index is 13.4. The highest BCUT2D eigenvalue weighted by Gasteiger charge is 2.46. The second kappa shape index (κ2) is 8.96. The van der Waals surface area contributed by atoms with Crippen LogP contribution in [0, 0.1) is 5.92 Å². The van der Waals surface area contributed by atoms with E-state index in [-0.39, 0.29) is 18.4 Å². The molecule has 30 heavy (non-hydrogen) atoms. The summed E-state index contributed by atoms with van der Waals surface area (Å²) in [6.45, 7) is 0.629. The second-order valence-corrected chi connectivity index (χ2v) is 8.68. The zero-order chi connectivity index (χ0) is 21.3. The number of rotatable bonds is 6. The summed E-state index contributed by atoms with van der Waals surface area (Å²) in [7, 11) is 1.31. The molecule has 0 unspecified atom stereocenters. The number of halogens is 2. The largest absolute Gasteiger partial charge is 0.469 e. The Labute approximate surface area is 185 Å². The number of ether oxygens (including phenoxy) is 2. The van der Waals surface area contributed by atoms with E-state index in [9.17, 15) is 9.59 Å². The summed E-state index contributed by atoms with van der Waals surface area (Å²) in [5.74, 6) is -0.194. The molecule has 1 saturated carbocycles. The number of morpholine rings is 1. The van der Waals surface area contributed by atoms with Crippen LogP contribution in [0.15, 0.2) is 48.5 Å². The maximum atomic E-state index is 13.4. The molecule has 2 fully saturated rings. The molecule has 1 heterocycles. The van der Waals surface area contributed by atoms with Gasteiger partial charge in [-0.15, -0.1) is 0 Å². The molecule has 3 atom stereocenters. The lowest BCUT2D eigenvalue weighted by atomic mass is 9.91. The lowest BCUT2D eigenvalue weighted by Crippen LogP contribution is -2.52. The van der Waals surface area contributed by atoms with E-state index in [1.54, 1.807) is 6.07 Å². The molecule has 1 amide bonds. The molecule has 0 radical (unpaired) electrons. The fraction of sp³-hybridized carbons (Fsp3) is 0.391. The van der Waals surface area contributed by atoms with Gasteiger partial charge in [-0.05, 0) is 54.2 Å². The van der Waals surface area contributed by atoms with Crippen molar-refractivity contribution in [2.75, 3.05) is 13.7 Å². The van der Waals surface area contributed by atoms with Gasteiger partial charge in [-0.3, -0.25) is 9.59 Å². The molecular weight excluding hydrogens is 425 g/mol. The van der Waals surface area contributed by atoms with E-state index in [0.717, 1.165) is 24.0 Å². The van der Waals surface area contributed by atoms with Crippen LogP contribution in [0.4, 0.5) is 0 Å². The summed E-state index contributed by atoms with van der Waals surface area (Å²) < 4.78 is 11.0. The lowest BCUT2D eigenvalue weighted by molar-refractivity contribution is -0.179. The third kappa shape index (κ3) is 4.64. The average molecular weight is 448 g/mol. The highest BCUT2D eigenvalue weighted by Crippen LogP contribution is 2.45. The minimum absolute atomic E-state index is 0.124. The van der Waals surface area contributed by atoms with Crippen molar-refractivity contribution in [3.63, 3.8) is 0 Å². The number of benzene rings is 2. The molecule has 1 aliphatic heterocycles. The Balaban J connectivity index is 1.77. The van der Waals surface area contributed by atoms with Gasteiger partial charge in [-0.25, -0.2) is 0 Å². The van der Waals surface area contributed by atoms with Crippen molar-refractivity contribution in [3.05, 3.63) is 69.7 Å². The van der Waals surface area contributed by atoms with E-state index >= 15 is 0 Å². The Hall–Kier alpha value is -2.08. The number of amides is 1. The quantitative estimate of drug-likeness (QED) is 0.586. The zero-order valence-electron chi connectivity index (χ0n) is 16.6. The fourth-order valence-corrected chi connectivity index (χ4v) is 4.23. The first-order chi connectivity index (χ1) is 14.5. The van der Waals surface area contributed by atoms with E-state index in [4.69, 9.17) is 32.7 Å². The highest BCUT2D eigenvalue weighted by molar-refractivity contribution is 6.30. The van der Waals surface area contributed by atoms with Crippen LogP contribution in [-0.4, -0.2) is 36.5 Å². The van der Waals surface area contributed by atoms with Gasteiger partial charge in [0.2, 0.25) is 0 Å². The fourth-order valence-electron chi connectivity index (χ4n) is 3.91. The van der Waals surface area contributed by atoms with Crippen LogP contribution in [0.1, 0.15) is 42.5 Å². The molecule has 5 nitrogen and oxygen atoms in total. The van der Waals surface area contributed by atoms with Crippen LogP contribution in [-0.2, 0) is 19.1 Å². The van der Waals surface area contributed by atoms with Crippen LogP contribution in [0.2, 0.25) is 10.0 Å². The van der Waals surface area contributed by atoms with Gasteiger partial charge in [-0.1, -0.05) is 47.5 Å². The van der Waals surface area contributed by atoms with Gasteiger partial charge >= 0.3 is 5.97 Å². The first kappa shape index (κ1) is 21.2. The predicted molar refractivity (Wildman–Crippen MR) is 114 cm³/mol. The van der Waals surface area contributed by atoms with Crippen LogP contribution in [0.25, 0.3) is 0 Å². The summed E-state index contributed by atoms with van der Waals surface area (Å²) in [6, 6.07) is 14.5. The molecule has 0 aromatic heterocycles. The molecule has 7 heteroatoms. The molecule has 0 bridgehead atoms. The van der Waals surface area contributed by atoms with Crippen LogP contribution < -0.4 is 0 Å². The number of hydrogen-bond donors (Lipinski definition) is 0. The van der Waals surface area contributed by atoms with Crippen molar-refractivity contribution in [1.29, 1.82) is 0 Å². The first-order valence-electron chi connectivity index (χ1n) is 10.00. The maximum Gasteiger partial charge on any atom is 0.308 e. The number of nitrogens with zero attached hydrogens (tertiary/aromatic N) is 1. The van der Waals surface area contributed by atoms with Gasteiger partial charge in [0.1, 0.15) is 12.2 Å². The van der Waals surface area contributed by atoms with Gasteiger partial charge in [0, 0.05) is 16.6 Å². The molecule has 0 spiro atoms. The third-order valence-electron chi connectivity index (χ3n) is 5.61. The first-order valence-corrected chi connectivity index (χ1v) is 10.8. The lowest BCUT2D eigenvalue weighted by Gasteiger charge is -2.45. The topological polar surface area (TPSA) is 55.8 Å². The molecule has 4 rings (SSSR count).